The largest absolute Gasteiger partial charge is 0.326 e. The van der Waals surface area contributed by atoms with Gasteiger partial charge in [0.15, 0.2) is 0 Å². The molecule has 0 saturated carbocycles. The summed E-state index contributed by atoms with van der Waals surface area (Å²) in [7, 11) is 0. The molecule has 1 fully saturated rings. The summed E-state index contributed by atoms with van der Waals surface area (Å²) in [6.45, 7) is 6.87. The zero-order valence-corrected chi connectivity index (χ0v) is 11.1. The zero-order valence-electron chi connectivity index (χ0n) is 11.1. The van der Waals surface area contributed by atoms with Crippen molar-refractivity contribution in [1.29, 1.82) is 0 Å². The van der Waals surface area contributed by atoms with Gasteiger partial charge < -0.3 is 10.2 Å². The average Bonchev–Trinajstić information content (AvgIpc) is 2.61. The van der Waals surface area contributed by atoms with Crippen LogP contribution in [0.3, 0.4) is 0 Å². The average molecular weight is 244 g/mol. The molecule has 0 aromatic heterocycles. The highest BCUT2D eigenvalue weighted by atomic mass is 16.2. The van der Waals surface area contributed by atoms with Gasteiger partial charge in [-0.1, -0.05) is 31.0 Å². The first-order valence-electron chi connectivity index (χ1n) is 6.83. The number of fused-ring (bicyclic) bond motifs is 3. The number of nitrogens with zero attached hydrogens (tertiary/aromatic N) is 1. The minimum atomic E-state index is -0.0902. The molecule has 1 saturated heterocycles. The van der Waals surface area contributed by atoms with E-state index in [2.05, 4.69) is 36.2 Å². The predicted molar refractivity (Wildman–Crippen MR) is 71.7 cm³/mol. The van der Waals surface area contributed by atoms with Crippen molar-refractivity contribution in [2.24, 2.45) is 0 Å². The quantitative estimate of drug-likeness (QED) is 0.863. The lowest BCUT2D eigenvalue weighted by Gasteiger charge is -2.43. The number of nitrogens with one attached hydrogen (secondary N) is 1. The molecule has 1 aromatic rings. The van der Waals surface area contributed by atoms with Gasteiger partial charge in [0.1, 0.15) is 0 Å². The Morgan fingerprint density at radius 1 is 1.44 bits per heavy atom. The number of hydrogen-bond donors (Lipinski definition) is 1. The maximum absolute atomic E-state index is 12.6. The number of hydrogen-bond acceptors (Lipinski definition) is 2. The fraction of sp³-hybridized carbons (Fsp3) is 0.533. The Labute approximate surface area is 108 Å². The van der Waals surface area contributed by atoms with Gasteiger partial charge in [-0.25, -0.2) is 0 Å². The molecule has 1 amide bonds. The van der Waals surface area contributed by atoms with E-state index in [0.717, 1.165) is 38.0 Å². The van der Waals surface area contributed by atoms with Crippen molar-refractivity contribution in [3.05, 3.63) is 34.9 Å². The number of aryl methyl sites for hydroxylation is 1. The Hall–Kier alpha value is -1.35. The first-order chi connectivity index (χ1) is 8.69. The maximum atomic E-state index is 12.6. The van der Waals surface area contributed by atoms with Crippen molar-refractivity contribution in [2.45, 2.75) is 32.2 Å². The van der Waals surface area contributed by atoms with E-state index in [1.165, 1.54) is 11.1 Å². The van der Waals surface area contributed by atoms with Gasteiger partial charge in [-0.15, -0.1) is 0 Å². The Morgan fingerprint density at radius 3 is 3.06 bits per heavy atom. The van der Waals surface area contributed by atoms with Crippen LogP contribution in [0.25, 0.3) is 0 Å². The molecular weight excluding hydrogens is 224 g/mol. The molecule has 1 atom stereocenters. The molecule has 2 heterocycles. The van der Waals surface area contributed by atoms with Crippen molar-refractivity contribution in [1.82, 2.24) is 10.2 Å². The van der Waals surface area contributed by atoms with E-state index in [9.17, 15) is 4.79 Å². The van der Waals surface area contributed by atoms with E-state index in [1.807, 2.05) is 6.07 Å². The number of carbonyl (C=O) groups excluding carboxylic acids is 1. The molecule has 2 aliphatic heterocycles. The van der Waals surface area contributed by atoms with Crippen LogP contribution in [0.1, 0.15) is 41.3 Å². The molecular formula is C15H20N2O. The van der Waals surface area contributed by atoms with Gasteiger partial charge >= 0.3 is 0 Å². The predicted octanol–water partition coefficient (Wildman–Crippen LogP) is 2.05. The molecule has 0 bridgehead atoms. The summed E-state index contributed by atoms with van der Waals surface area (Å²) in [5.74, 6) is 0.226. The summed E-state index contributed by atoms with van der Waals surface area (Å²) >= 11 is 0. The lowest BCUT2D eigenvalue weighted by Crippen LogP contribution is -2.57. The molecule has 0 aliphatic carbocycles. The van der Waals surface area contributed by atoms with E-state index in [1.54, 1.807) is 0 Å². The molecule has 18 heavy (non-hydrogen) atoms. The number of carbonyl (C=O) groups is 1. The fourth-order valence-electron chi connectivity index (χ4n) is 3.49. The summed E-state index contributed by atoms with van der Waals surface area (Å²) in [6.07, 6.45) is 2.14. The molecule has 1 N–H and O–H groups in total. The summed E-state index contributed by atoms with van der Waals surface area (Å²) in [5.41, 5.74) is 3.23. The van der Waals surface area contributed by atoms with Gasteiger partial charge in [-0.3, -0.25) is 4.79 Å². The van der Waals surface area contributed by atoms with Crippen LogP contribution >= 0.6 is 0 Å². The molecule has 0 spiro atoms. The van der Waals surface area contributed by atoms with Crippen LogP contribution in [-0.4, -0.2) is 30.4 Å². The van der Waals surface area contributed by atoms with Gasteiger partial charge in [-0.05, 0) is 25.0 Å². The summed E-state index contributed by atoms with van der Waals surface area (Å²) in [5, 5.41) is 3.46. The van der Waals surface area contributed by atoms with E-state index >= 15 is 0 Å². The van der Waals surface area contributed by atoms with Crippen LogP contribution in [0, 0.1) is 6.92 Å². The molecule has 1 aromatic carbocycles. The maximum Gasteiger partial charge on any atom is 0.255 e. The summed E-state index contributed by atoms with van der Waals surface area (Å²) < 4.78 is 0. The smallest absolute Gasteiger partial charge is 0.255 e. The number of amides is 1. The highest BCUT2D eigenvalue weighted by Gasteiger charge is 2.49. The standard InChI is InChI=1S/C15H20N2O/c1-3-6-15-10-16-7-8-17(15)14(18)12-9-11(2)4-5-13(12)15/h4-5,9,16H,3,6-8,10H2,1-2H3. The second kappa shape index (κ2) is 4.09. The van der Waals surface area contributed by atoms with Crippen molar-refractivity contribution in [2.75, 3.05) is 19.6 Å². The second-order valence-corrected chi connectivity index (χ2v) is 5.46. The van der Waals surface area contributed by atoms with Crippen LogP contribution in [0.5, 0.6) is 0 Å². The minimum Gasteiger partial charge on any atom is -0.326 e. The van der Waals surface area contributed by atoms with Gasteiger partial charge in [0.05, 0.1) is 5.54 Å². The molecule has 3 rings (SSSR count). The lowest BCUT2D eigenvalue weighted by molar-refractivity contribution is 0.0424. The molecule has 3 nitrogen and oxygen atoms in total. The van der Waals surface area contributed by atoms with Gasteiger partial charge in [0.25, 0.3) is 5.91 Å². The molecule has 2 aliphatic rings. The molecule has 96 valence electrons. The van der Waals surface area contributed by atoms with E-state index < -0.39 is 0 Å². The Kier molecular flexibility index (Phi) is 2.67. The van der Waals surface area contributed by atoms with Crippen LogP contribution < -0.4 is 5.32 Å². The monoisotopic (exact) mass is 244 g/mol. The lowest BCUT2D eigenvalue weighted by atomic mass is 9.84. The van der Waals surface area contributed by atoms with Crippen molar-refractivity contribution in [3.8, 4) is 0 Å². The van der Waals surface area contributed by atoms with Crippen molar-refractivity contribution < 1.29 is 4.79 Å². The zero-order chi connectivity index (χ0) is 12.8. The second-order valence-electron chi connectivity index (χ2n) is 5.46. The van der Waals surface area contributed by atoms with Crippen LogP contribution in [0.4, 0.5) is 0 Å². The number of rotatable bonds is 2. The third-order valence-electron chi connectivity index (χ3n) is 4.26. The normalized spacial score (nSPS) is 26.1. The first kappa shape index (κ1) is 11.7. The summed E-state index contributed by atoms with van der Waals surface area (Å²) in [4.78, 5) is 14.7. The van der Waals surface area contributed by atoms with Gasteiger partial charge in [-0.2, -0.15) is 0 Å². The molecule has 3 heteroatoms. The summed E-state index contributed by atoms with van der Waals surface area (Å²) in [6, 6.07) is 6.33. The SMILES string of the molecule is CCCC12CNCCN1C(=O)c1cc(C)ccc12. The highest BCUT2D eigenvalue weighted by Crippen LogP contribution is 2.43. The Balaban J connectivity index is 2.16. The number of benzene rings is 1. The van der Waals surface area contributed by atoms with E-state index in [0.29, 0.717) is 0 Å². The highest BCUT2D eigenvalue weighted by molar-refractivity contribution is 6.00. The third-order valence-corrected chi connectivity index (χ3v) is 4.26. The minimum absolute atomic E-state index is 0.0902. The number of piperazine rings is 1. The Morgan fingerprint density at radius 2 is 2.28 bits per heavy atom. The topological polar surface area (TPSA) is 32.3 Å². The molecule has 0 radical (unpaired) electrons. The first-order valence-corrected chi connectivity index (χ1v) is 6.83. The van der Waals surface area contributed by atoms with Crippen molar-refractivity contribution >= 4 is 5.91 Å². The van der Waals surface area contributed by atoms with Crippen LogP contribution in [0.2, 0.25) is 0 Å². The van der Waals surface area contributed by atoms with Crippen molar-refractivity contribution in [3.63, 3.8) is 0 Å². The fourth-order valence-corrected chi connectivity index (χ4v) is 3.49. The van der Waals surface area contributed by atoms with Gasteiger partial charge in [0, 0.05) is 25.2 Å². The molecule has 1 unspecified atom stereocenters. The van der Waals surface area contributed by atoms with Gasteiger partial charge in [0.2, 0.25) is 0 Å². The Bertz CT molecular complexity index is 493. The van der Waals surface area contributed by atoms with Crippen LogP contribution in [-0.2, 0) is 5.54 Å². The van der Waals surface area contributed by atoms with E-state index in [4.69, 9.17) is 0 Å². The van der Waals surface area contributed by atoms with E-state index in [-0.39, 0.29) is 11.4 Å². The van der Waals surface area contributed by atoms with Crippen LogP contribution in [0.15, 0.2) is 18.2 Å². The third kappa shape index (κ3) is 1.43.